The first-order valence-electron chi connectivity index (χ1n) is 16.2. The first kappa shape index (κ1) is 31.0. The van der Waals surface area contributed by atoms with Gasteiger partial charge in [-0.3, -0.25) is 24.0 Å². The maximum Gasteiger partial charge on any atom is 0.251 e. The van der Waals surface area contributed by atoms with Crippen molar-refractivity contribution in [3.05, 3.63) is 29.8 Å². The highest BCUT2D eigenvalue weighted by Gasteiger charge is 2.53. The lowest BCUT2D eigenvalue weighted by Crippen LogP contribution is -2.55. The van der Waals surface area contributed by atoms with Gasteiger partial charge in [-0.25, -0.2) is 0 Å². The van der Waals surface area contributed by atoms with Gasteiger partial charge in [0.1, 0.15) is 18.1 Å². The number of Topliss-reactive ketones (excluding diaryl/α,β-unsaturated/α-hetero) is 1. The minimum Gasteiger partial charge on any atom is -0.372 e. The van der Waals surface area contributed by atoms with Crippen molar-refractivity contribution in [2.24, 2.45) is 11.8 Å². The Bertz CT molecular complexity index is 1200. The van der Waals surface area contributed by atoms with Crippen molar-refractivity contribution in [1.29, 1.82) is 0 Å². The Hall–Kier alpha value is -3.43. The third kappa shape index (κ3) is 6.88. The molecule has 4 amide bonds. The Kier molecular flexibility index (Phi) is 9.72. The lowest BCUT2D eigenvalue weighted by Gasteiger charge is -2.34. The molecule has 5 rings (SSSR count). The van der Waals surface area contributed by atoms with Gasteiger partial charge in [-0.05, 0) is 74.6 Å². The number of anilines is 1. The molecule has 0 radical (unpaired) electrons. The average molecular weight is 594 g/mol. The van der Waals surface area contributed by atoms with E-state index in [2.05, 4.69) is 15.5 Å². The zero-order valence-electron chi connectivity index (χ0n) is 25.8. The molecule has 3 saturated heterocycles. The molecule has 0 spiro atoms. The molecule has 4 fully saturated rings. The maximum absolute atomic E-state index is 14.0. The molecule has 1 aliphatic carbocycles. The molecule has 4 aliphatic rings. The SMILES string of the molecule is CC(=O)NC(C(=O)N1CC(=O)C2C1CCN2C(=O)C(CC(C)C)NC(=O)c1ccc(N2CCCC2)cc1)C1CCCCC1. The van der Waals surface area contributed by atoms with Crippen molar-refractivity contribution in [3.63, 3.8) is 0 Å². The fourth-order valence-electron chi connectivity index (χ4n) is 7.54. The second-order valence-electron chi connectivity index (χ2n) is 13.2. The summed E-state index contributed by atoms with van der Waals surface area (Å²) < 4.78 is 0. The number of amides is 4. The van der Waals surface area contributed by atoms with E-state index in [1.165, 1.54) is 19.8 Å². The average Bonchev–Trinajstić information content (AvgIpc) is 3.74. The van der Waals surface area contributed by atoms with Gasteiger partial charge in [0.25, 0.3) is 5.91 Å². The van der Waals surface area contributed by atoms with Crippen LogP contribution in [0.4, 0.5) is 5.69 Å². The van der Waals surface area contributed by atoms with Gasteiger partial charge in [0.2, 0.25) is 17.7 Å². The smallest absolute Gasteiger partial charge is 0.251 e. The van der Waals surface area contributed by atoms with E-state index in [1.807, 2.05) is 26.0 Å². The lowest BCUT2D eigenvalue weighted by molar-refractivity contribution is -0.139. The number of nitrogens with one attached hydrogen (secondary N) is 2. The highest BCUT2D eigenvalue weighted by molar-refractivity contribution is 6.01. The quantitative estimate of drug-likeness (QED) is 0.455. The number of hydrogen-bond acceptors (Lipinski definition) is 6. The number of benzene rings is 1. The zero-order chi connectivity index (χ0) is 30.7. The monoisotopic (exact) mass is 593 g/mol. The number of rotatable bonds is 9. The van der Waals surface area contributed by atoms with E-state index in [-0.39, 0.29) is 47.8 Å². The molecule has 10 heteroatoms. The minimum absolute atomic E-state index is 0.0495. The summed E-state index contributed by atoms with van der Waals surface area (Å²) in [6.45, 7) is 7.73. The van der Waals surface area contributed by atoms with E-state index in [0.717, 1.165) is 50.9 Å². The highest BCUT2D eigenvalue weighted by Crippen LogP contribution is 2.34. The summed E-state index contributed by atoms with van der Waals surface area (Å²) >= 11 is 0. The van der Waals surface area contributed by atoms with Crippen LogP contribution in [-0.2, 0) is 19.2 Å². The van der Waals surface area contributed by atoms with Crippen LogP contribution in [0.2, 0.25) is 0 Å². The van der Waals surface area contributed by atoms with Crippen LogP contribution in [0.5, 0.6) is 0 Å². The number of carbonyl (C=O) groups is 5. The molecule has 3 aliphatic heterocycles. The van der Waals surface area contributed by atoms with Crippen molar-refractivity contribution >= 4 is 35.1 Å². The maximum atomic E-state index is 14.0. The molecule has 234 valence electrons. The van der Waals surface area contributed by atoms with Crippen LogP contribution >= 0.6 is 0 Å². The molecule has 4 atom stereocenters. The molecule has 1 aromatic rings. The van der Waals surface area contributed by atoms with Crippen molar-refractivity contribution in [3.8, 4) is 0 Å². The van der Waals surface area contributed by atoms with Gasteiger partial charge in [-0.15, -0.1) is 0 Å². The Morgan fingerprint density at radius 2 is 1.51 bits per heavy atom. The molecule has 1 saturated carbocycles. The fraction of sp³-hybridized carbons (Fsp3) is 0.667. The summed E-state index contributed by atoms with van der Waals surface area (Å²) in [7, 11) is 0. The summed E-state index contributed by atoms with van der Waals surface area (Å²) in [6, 6.07) is 4.92. The van der Waals surface area contributed by atoms with E-state index in [9.17, 15) is 24.0 Å². The second-order valence-corrected chi connectivity index (χ2v) is 13.2. The second kappa shape index (κ2) is 13.5. The topological polar surface area (TPSA) is 119 Å². The Labute approximate surface area is 254 Å². The number of likely N-dealkylation sites (tertiary alicyclic amines) is 2. The van der Waals surface area contributed by atoms with Gasteiger partial charge in [-0.1, -0.05) is 33.1 Å². The normalized spacial score (nSPS) is 23.8. The van der Waals surface area contributed by atoms with Gasteiger partial charge in [0, 0.05) is 37.8 Å². The summed E-state index contributed by atoms with van der Waals surface area (Å²) in [5.74, 6) is -1.06. The van der Waals surface area contributed by atoms with Gasteiger partial charge in [0.15, 0.2) is 5.78 Å². The van der Waals surface area contributed by atoms with Gasteiger partial charge in [-0.2, -0.15) is 0 Å². The Balaban J connectivity index is 1.28. The highest BCUT2D eigenvalue weighted by atomic mass is 16.2. The largest absolute Gasteiger partial charge is 0.372 e. The molecule has 43 heavy (non-hydrogen) atoms. The Morgan fingerprint density at radius 1 is 0.837 bits per heavy atom. The van der Waals surface area contributed by atoms with Crippen LogP contribution < -0.4 is 15.5 Å². The number of ketones is 1. The number of carbonyl (C=O) groups excluding carboxylic acids is 5. The van der Waals surface area contributed by atoms with Crippen molar-refractivity contribution in [2.75, 3.05) is 31.1 Å². The van der Waals surface area contributed by atoms with Gasteiger partial charge in [0.05, 0.1) is 12.6 Å². The summed E-state index contributed by atoms with van der Waals surface area (Å²) in [5, 5.41) is 5.84. The van der Waals surface area contributed by atoms with E-state index in [1.54, 1.807) is 21.9 Å². The van der Waals surface area contributed by atoms with E-state index in [0.29, 0.717) is 24.9 Å². The van der Waals surface area contributed by atoms with Crippen LogP contribution in [0, 0.1) is 11.8 Å². The van der Waals surface area contributed by atoms with Crippen LogP contribution in [0.1, 0.15) is 88.9 Å². The van der Waals surface area contributed by atoms with Crippen molar-refractivity contribution < 1.29 is 24.0 Å². The van der Waals surface area contributed by atoms with Crippen LogP contribution in [-0.4, -0.2) is 89.6 Å². The fourth-order valence-corrected chi connectivity index (χ4v) is 7.54. The molecule has 3 heterocycles. The van der Waals surface area contributed by atoms with E-state index in [4.69, 9.17) is 0 Å². The van der Waals surface area contributed by atoms with E-state index >= 15 is 0 Å². The molecular formula is C33H47N5O5. The van der Waals surface area contributed by atoms with E-state index < -0.39 is 24.2 Å². The number of fused-ring (bicyclic) bond motifs is 1. The molecule has 1 aromatic carbocycles. The molecule has 10 nitrogen and oxygen atoms in total. The predicted octanol–water partition coefficient (Wildman–Crippen LogP) is 2.90. The lowest BCUT2D eigenvalue weighted by atomic mass is 9.83. The van der Waals surface area contributed by atoms with Crippen LogP contribution in [0.3, 0.4) is 0 Å². The Morgan fingerprint density at radius 3 is 2.14 bits per heavy atom. The van der Waals surface area contributed by atoms with Crippen LogP contribution in [0.25, 0.3) is 0 Å². The summed E-state index contributed by atoms with van der Waals surface area (Å²) in [6.07, 6.45) is 8.18. The minimum atomic E-state index is -0.781. The zero-order valence-corrected chi connectivity index (χ0v) is 25.8. The van der Waals surface area contributed by atoms with Gasteiger partial charge >= 0.3 is 0 Å². The van der Waals surface area contributed by atoms with Gasteiger partial charge < -0.3 is 25.3 Å². The molecule has 4 unspecified atom stereocenters. The molecule has 0 bridgehead atoms. The first-order chi connectivity index (χ1) is 20.6. The van der Waals surface area contributed by atoms with Crippen molar-refractivity contribution in [1.82, 2.24) is 20.4 Å². The predicted molar refractivity (Wildman–Crippen MR) is 163 cm³/mol. The standard InChI is InChI=1S/C33H47N5O5/c1-21(2)19-26(35-31(41)24-11-13-25(14-12-24)36-16-7-8-17-36)32(42)37-18-15-27-30(37)28(40)20-38(27)33(43)29(34-22(3)39)23-9-5-4-6-10-23/h11-14,21,23,26-27,29-30H,4-10,15-20H2,1-3H3,(H,34,39)(H,35,41). The van der Waals surface area contributed by atoms with Crippen molar-refractivity contribution in [2.45, 2.75) is 103 Å². The third-order valence-electron chi connectivity index (χ3n) is 9.65. The third-order valence-corrected chi connectivity index (χ3v) is 9.65. The summed E-state index contributed by atoms with van der Waals surface area (Å²) in [4.78, 5) is 72.0. The first-order valence-corrected chi connectivity index (χ1v) is 16.2. The summed E-state index contributed by atoms with van der Waals surface area (Å²) in [5.41, 5.74) is 1.58. The molecular weight excluding hydrogens is 546 g/mol. The number of hydrogen-bond donors (Lipinski definition) is 2. The van der Waals surface area contributed by atoms with Crippen LogP contribution in [0.15, 0.2) is 24.3 Å². The number of nitrogens with zero attached hydrogens (tertiary/aromatic N) is 3. The molecule has 2 N–H and O–H groups in total. The molecule has 0 aromatic heterocycles.